The highest BCUT2D eigenvalue weighted by Gasteiger charge is 2.11. The first-order valence-corrected chi connectivity index (χ1v) is 3.28. The second-order valence-corrected chi connectivity index (χ2v) is 2.06. The fourth-order valence-corrected chi connectivity index (χ4v) is 0.442. The first-order valence-electron chi connectivity index (χ1n) is 3.28. The van der Waals surface area contributed by atoms with Gasteiger partial charge in [-0.3, -0.25) is 0 Å². The van der Waals surface area contributed by atoms with Gasteiger partial charge in [0.2, 0.25) is 0 Å². The van der Waals surface area contributed by atoms with Crippen LogP contribution in [0.1, 0.15) is 13.8 Å². The highest BCUT2D eigenvalue weighted by Crippen LogP contribution is 1.97. The van der Waals surface area contributed by atoms with Crippen LogP contribution in [0.5, 0.6) is 0 Å². The maximum Gasteiger partial charge on any atom is 0.123 e. The van der Waals surface area contributed by atoms with E-state index in [1.54, 1.807) is 13.0 Å². The molecule has 0 saturated heterocycles. The van der Waals surface area contributed by atoms with E-state index >= 15 is 0 Å². The molecule has 2 unspecified atom stereocenters. The van der Waals surface area contributed by atoms with Gasteiger partial charge >= 0.3 is 0 Å². The lowest BCUT2D eigenvalue weighted by Crippen LogP contribution is -2.27. The molecule has 3 heteroatoms. The average molecular weight is 146 g/mol. The first-order chi connectivity index (χ1) is 4.72. The number of allylic oxidation sites excluding steroid dienone is 1. The van der Waals surface area contributed by atoms with Crippen molar-refractivity contribution in [2.24, 2.45) is 0 Å². The summed E-state index contributed by atoms with van der Waals surface area (Å²) in [6.07, 6.45) is 2.07. The van der Waals surface area contributed by atoms with Crippen molar-refractivity contribution in [2.75, 3.05) is 6.61 Å². The zero-order chi connectivity index (χ0) is 7.98. The quantitative estimate of drug-likeness (QED) is 0.560. The Morgan fingerprint density at radius 1 is 1.60 bits per heavy atom. The summed E-state index contributed by atoms with van der Waals surface area (Å²) < 4.78 is 4.95. The molecular weight excluding hydrogens is 132 g/mol. The summed E-state index contributed by atoms with van der Waals surface area (Å²) in [6, 6.07) is 0. The Bertz CT molecular complexity index is 101. The van der Waals surface area contributed by atoms with Crippen LogP contribution in [-0.2, 0) is 4.74 Å². The van der Waals surface area contributed by atoms with Gasteiger partial charge in [0, 0.05) is 0 Å². The van der Waals surface area contributed by atoms with Crippen molar-refractivity contribution >= 4 is 0 Å². The Morgan fingerprint density at radius 2 is 2.20 bits per heavy atom. The number of hydrogen-bond acceptors (Lipinski definition) is 3. The Labute approximate surface area is 60.9 Å². The van der Waals surface area contributed by atoms with Gasteiger partial charge in [-0.15, -0.1) is 0 Å². The Morgan fingerprint density at radius 3 is 2.60 bits per heavy atom. The second kappa shape index (κ2) is 5.26. The van der Waals surface area contributed by atoms with Crippen molar-refractivity contribution in [3.8, 4) is 0 Å². The molecule has 0 saturated carbocycles. The molecule has 0 aliphatic rings. The summed E-state index contributed by atoms with van der Waals surface area (Å²) in [7, 11) is 0. The van der Waals surface area contributed by atoms with E-state index in [2.05, 4.69) is 0 Å². The predicted octanol–water partition coefficient (Wildman–Crippen LogP) is 0.278. The minimum absolute atomic E-state index is 0.265. The third-order valence-corrected chi connectivity index (χ3v) is 1.16. The molecule has 3 nitrogen and oxygen atoms in total. The predicted molar refractivity (Wildman–Crippen MR) is 38.5 cm³/mol. The smallest absolute Gasteiger partial charge is 0.123 e. The number of ether oxygens (including phenoxy) is 1. The minimum Gasteiger partial charge on any atom is -0.496 e. The monoisotopic (exact) mass is 146 g/mol. The Balaban J connectivity index is 3.50. The van der Waals surface area contributed by atoms with E-state index in [0.717, 1.165) is 0 Å². The van der Waals surface area contributed by atoms with E-state index in [-0.39, 0.29) is 12.7 Å². The molecule has 0 aromatic carbocycles. The minimum atomic E-state index is -0.795. The largest absolute Gasteiger partial charge is 0.496 e. The van der Waals surface area contributed by atoms with Gasteiger partial charge in [0.1, 0.15) is 12.2 Å². The van der Waals surface area contributed by atoms with Gasteiger partial charge in [-0.1, -0.05) is 6.08 Å². The number of rotatable bonds is 4. The van der Waals surface area contributed by atoms with Crippen LogP contribution in [0.15, 0.2) is 12.3 Å². The molecule has 0 aromatic rings. The van der Waals surface area contributed by atoms with Crippen LogP contribution < -0.4 is 0 Å². The third kappa shape index (κ3) is 3.48. The SMILES string of the molecule is CC=COC(C)C(O)CO. The summed E-state index contributed by atoms with van der Waals surface area (Å²) in [6.45, 7) is 3.25. The fraction of sp³-hybridized carbons (Fsp3) is 0.714. The number of aliphatic hydroxyl groups excluding tert-OH is 2. The Hall–Kier alpha value is -0.540. The van der Waals surface area contributed by atoms with Crippen LogP contribution >= 0.6 is 0 Å². The van der Waals surface area contributed by atoms with Crippen LogP contribution in [-0.4, -0.2) is 29.0 Å². The van der Waals surface area contributed by atoms with Gasteiger partial charge in [0.25, 0.3) is 0 Å². The first kappa shape index (κ1) is 9.46. The van der Waals surface area contributed by atoms with Crippen molar-refractivity contribution in [1.29, 1.82) is 0 Å². The van der Waals surface area contributed by atoms with Crippen molar-refractivity contribution in [1.82, 2.24) is 0 Å². The van der Waals surface area contributed by atoms with Crippen molar-refractivity contribution in [2.45, 2.75) is 26.1 Å². The molecule has 0 amide bonds. The van der Waals surface area contributed by atoms with Gasteiger partial charge in [-0.2, -0.15) is 0 Å². The van der Waals surface area contributed by atoms with E-state index in [4.69, 9.17) is 14.9 Å². The zero-order valence-electron chi connectivity index (χ0n) is 6.32. The molecule has 0 fully saturated rings. The van der Waals surface area contributed by atoms with Crippen LogP contribution in [0.3, 0.4) is 0 Å². The van der Waals surface area contributed by atoms with E-state index in [1.807, 2.05) is 6.92 Å². The van der Waals surface area contributed by atoms with Gasteiger partial charge in [0.05, 0.1) is 12.9 Å². The molecule has 10 heavy (non-hydrogen) atoms. The molecule has 60 valence electrons. The lowest BCUT2D eigenvalue weighted by Gasteiger charge is -2.15. The highest BCUT2D eigenvalue weighted by atomic mass is 16.5. The molecule has 0 aromatic heterocycles. The van der Waals surface area contributed by atoms with Crippen LogP contribution in [0.25, 0.3) is 0 Å². The highest BCUT2D eigenvalue weighted by molar-refractivity contribution is 4.70. The lowest BCUT2D eigenvalue weighted by molar-refractivity contribution is -0.0120. The van der Waals surface area contributed by atoms with E-state index < -0.39 is 6.10 Å². The molecule has 0 radical (unpaired) electrons. The maximum atomic E-state index is 8.94. The molecule has 0 aliphatic heterocycles. The maximum absolute atomic E-state index is 8.94. The van der Waals surface area contributed by atoms with Crippen molar-refractivity contribution in [3.05, 3.63) is 12.3 Å². The lowest BCUT2D eigenvalue weighted by atomic mass is 10.2. The summed E-state index contributed by atoms with van der Waals surface area (Å²) in [4.78, 5) is 0. The summed E-state index contributed by atoms with van der Waals surface area (Å²) in [5.74, 6) is 0. The normalized spacial score (nSPS) is 17.2. The average Bonchev–Trinajstić information content (AvgIpc) is 1.98. The summed E-state index contributed by atoms with van der Waals surface area (Å²) in [5.41, 5.74) is 0. The summed E-state index contributed by atoms with van der Waals surface area (Å²) >= 11 is 0. The Kier molecular flexibility index (Phi) is 4.98. The molecule has 0 rings (SSSR count). The van der Waals surface area contributed by atoms with Crippen LogP contribution in [0.4, 0.5) is 0 Å². The van der Waals surface area contributed by atoms with Crippen molar-refractivity contribution in [3.63, 3.8) is 0 Å². The van der Waals surface area contributed by atoms with Crippen molar-refractivity contribution < 1.29 is 14.9 Å². The fourth-order valence-electron chi connectivity index (χ4n) is 0.442. The number of hydrogen-bond donors (Lipinski definition) is 2. The topological polar surface area (TPSA) is 49.7 Å². The van der Waals surface area contributed by atoms with Gasteiger partial charge in [0.15, 0.2) is 0 Å². The summed E-state index contributed by atoms with van der Waals surface area (Å²) in [5, 5.41) is 17.4. The molecule has 2 atom stereocenters. The zero-order valence-corrected chi connectivity index (χ0v) is 6.32. The van der Waals surface area contributed by atoms with Crippen LogP contribution in [0, 0.1) is 0 Å². The van der Waals surface area contributed by atoms with Gasteiger partial charge in [-0.05, 0) is 13.8 Å². The standard InChI is InChI=1S/C7H14O3/c1-3-4-10-6(2)7(9)5-8/h3-4,6-9H,5H2,1-2H3. The van der Waals surface area contributed by atoms with Gasteiger partial charge in [-0.25, -0.2) is 0 Å². The molecule has 0 spiro atoms. The molecule has 0 heterocycles. The second-order valence-electron chi connectivity index (χ2n) is 2.06. The molecular formula is C7H14O3. The molecule has 0 aliphatic carbocycles. The molecule has 0 bridgehead atoms. The van der Waals surface area contributed by atoms with Gasteiger partial charge < -0.3 is 14.9 Å². The number of aliphatic hydroxyl groups is 2. The van der Waals surface area contributed by atoms with E-state index in [1.165, 1.54) is 6.26 Å². The van der Waals surface area contributed by atoms with Crippen LogP contribution in [0.2, 0.25) is 0 Å². The molecule has 2 N–H and O–H groups in total. The van der Waals surface area contributed by atoms with E-state index in [9.17, 15) is 0 Å². The third-order valence-electron chi connectivity index (χ3n) is 1.16. The van der Waals surface area contributed by atoms with E-state index in [0.29, 0.717) is 0 Å².